The summed E-state index contributed by atoms with van der Waals surface area (Å²) in [7, 11) is 1.88. The lowest BCUT2D eigenvalue weighted by molar-refractivity contribution is -0.139. The first-order chi connectivity index (χ1) is 17.1. The molecule has 180 valence electrons. The minimum Gasteiger partial charge on any atom is -0.480 e. The number of amides is 2. The molecule has 2 amide bonds. The fourth-order valence-electron chi connectivity index (χ4n) is 5.32. The van der Waals surface area contributed by atoms with Crippen molar-refractivity contribution in [2.75, 3.05) is 20.1 Å². The molecule has 2 aliphatic heterocycles. The standard InChI is InChI=1S/C29H31N3O3/c1-31(28(33)24-12-7-8-16-30-24)25(19-21-9-3-2-4-10-21)22-14-17-32(18-15-22)29(34)27-20-23-11-5-6-13-26(23)35-27/h2-13,16,22,25,27H,14-15,17-20H2,1H3/t25-,27+/m1/s1. The van der Waals surface area contributed by atoms with Crippen LogP contribution in [0.3, 0.4) is 0 Å². The smallest absolute Gasteiger partial charge is 0.272 e. The Balaban J connectivity index is 1.27. The number of hydrogen-bond acceptors (Lipinski definition) is 4. The Morgan fingerprint density at radius 1 is 1.00 bits per heavy atom. The monoisotopic (exact) mass is 469 g/mol. The van der Waals surface area contributed by atoms with Crippen molar-refractivity contribution in [3.05, 3.63) is 95.8 Å². The molecule has 6 nitrogen and oxygen atoms in total. The van der Waals surface area contributed by atoms with Gasteiger partial charge in [-0.05, 0) is 54.5 Å². The Morgan fingerprint density at radius 3 is 2.43 bits per heavy atom. The number of pyridine rings is 1. The highest BCUT2D eigenvalue weighted by Crippen LogP contribution is 2.31. The highest BCUT2D eigenvalue weighted by Gasteiger charge is 2.37. The summed E-state index contributed by atoms with van der Waals surface area (Å²) in [6.07, 6.45) is 4.33. The van der Waals surface area contributed by atoms with Crippen molar-refractivity contribution in [3.8, 4) is 5.75 Å². The van der Waals surface area contributed by atoms with Gasteiger partial charge >= 0.3 is 0 Å². The second-order valence-corrected chi connectivity index (χ2v) is 9.47. The molecule has 1 fully saturated rings. The number of hydrogen-bond donors (Lipinski definition) is 0. The Bertz CT molecular complexity index is 1140. The lowest BCUT2D eigenvalue weighted by Crippen LogP contribution is -2.50. The van der Waals surface area contributed by atoms with E-state index in [1.807, 2.05) is 71.4 Å². The summed E-state index contributed by atoms with van der Waals surface area (Å²) in [6, 6.07) is 23.6. The molecule has 35 heavy (non-hydrogen) atoms. The molecule has 3 aromatic rings. The van der Waals surface area contributed by atoms with E-state index in [0.29, 0.717) is 31.1 Å². The van der Waals surface area contributed by atoms with Gasteiger partial charge in [0.1, 0.15) is 11.4 Å². The maximum Gasteiger partial charge on any atom is 0.272 e. The maximum atomic E-state index is 13.3. The molecule has 0 N–H and O–H groups in total. The summed E-state index contributed by atoms with van der Waals surface area (Å²) in [4.78, 5) is 34.5. The number of likely N-dealkylation sites (N-methyl/N-ethyl adjacent to an activating group) is 1. The summed E-state index contributed by atoms with van der Waals surface area (Å²) in [5, 5.41) is 0. The third-order valence-electron chi connectivity index (χ3n) is 7.31. The van der Waals surface area contributed by atoms with Crippen LogP contribution in [0.15, 0.2) is 79.0 Å². The van der Waals surface area contributed by atoms with E-state index in [4.69, 9.17) is 4.74 Å². The van der Waals surface area contributed by atoms with Gasteiger partial charge in [-0.1, -0.05) is 54.6 Å². The molecule has 2 atom stereocenters. The molecule has 1 saturated heterocycles. The van der Waals surface area contributed by atoms with Crippen LogP contribution in [0.25, 0.3) is 0 Å². The first kappa shape index (κ1) is 23.1. The van der Waals surface area contributed by atoms with Crippen molar-refractivity contribution < 1.29 is 14.3 Å². The Kier molecular flexibility index (Phi) is 6.80. The number of nitrogens with zero attached hydrogens (tertiary/aromatic N) is 3. The fraction of sp³-hybridized carbons (Fsp3) is 0.345. The quantitative estimate of drug-likeness (QED) is 0.547. The molecule has 1 aromatic heterocycles. The van der Waals surface area contributed by atoms with Gasteiger partial charge in [0, 0.05) is 38.8 Å². The molecule has 2 aromatic carbocycles. The number of carbonyl (C=O) groups is 2. The molecule has 0 spiro atoms. The van der Waals surface area contributed by atoms with Gasteiger partial charge in [-0.15, -0.1) is 0 Å². The zero-order chi connectivity index (χ0) is 24.2. The number of benzene rings is 2. The lowest BCUT2D eigenvalue weighted by Gasteiger charge is -2.40. The molecule has 6 heteroatoms. The molecule has 0 unspecified atom stereocenters. The van der Waals surface area contributed by atoms with Crippen LogP contribution in [-0.4, -0.2) is 58.9 Å². The van der Waals surface area contributed by atoms with E-state index in [0.717, 1.165) is 30.6 Å². The minimum absolute atomic E-state index is 0.0242. The normalized spacial score (nSPS) is 18.4. The third kappa shape index (κ3) is 5.06. The SMILES string of the molecule is CN(C(=O)c1ccccn1)[C@H](Cc1ccccc1)C1CCN(C(=O)[C@@H]2Cc3ccccc3O2)CC1. The van der Waals surface area contributed by atoms with Gasteiger partial charge in [-0.25, -0.2) is 0 Å². The second kappa shape index (κ2) is 10.3. The van der Waals surface area contributed by atoms with Crippen molar-refractivity contribution >= 4 is 11.8 Å². The van der Waals surface area contributed by atoms with E-state index in [1.165, 1.54) is 5.56 Å². The van der Waals surface area contributed by atoms with Crippen molar-refractivity contribution in [1.29, 1.82) is 0 Å². The van der Waals surface area contributed by atoms with E-state index in [9.17, 15) is 9.59 Å². The van der Waals surface area contributed by atoms with Crippen molar-refractivity contribution in [3.63, 3.8) is 0 Å². The van der Waals surface area contributed by atoms with Crippen LogP contribution in [0.5, 0.6) is 5.75 Å². The van der Waals surface area contributed by atoms with Crippen LogP contribution in [0.2, 0.25) is 0 Å². The van der Waals surface area contributed by atoms with Gasteiger partial charge in [0.2, 0.25) is 0 Å². The molecular weight excluding hydrogens is 438 g/mol. The Labute approximate surface area is 206 Å². The number of rotatable bonds is 6. The van der Waals surface area contributed by atoms with Crippen molar-refractivity contribution in [2.45, 2.75) is 37.8 Å². The predicted octanol–water partition coefficient (Wildman–Crippen LogP) is 4.01. The molecule has 0 aliphatic carbocycles. The van der Waals surface area contributed by atoms with Gasteiger partial charge in [-0.3, -0.25) is 14.6 Å². The van der Waals surface area contributed by atoms with Gasteiger partial charge in [-0.2, -0.15) is 0 Å². The van der Waals surface area contributed by atoms with Crippen LogP contribution < -0.4 is 4.74 Å². The molecule has 0 bridgehead atoms. The van der Waals surface area contributed by atoms with E-state index in [2.05, 4.69) is 17.1 Å². The number of piperidine rings is 1. The van der Waals surface area contributed by atoms with Crippen LogP contribution in [-0.2, 0) is 17.6 Å². The maximum absolute atomic E-state index is 13.3. The lowest BCUT2D eigenvalue weighted by atomic mass is 9.84. The number of aromatic nitrogens is 1. The van der Waals surface area contributed by atoms with Crippen LogP contribution in [0, 0.1) is 5.92 Å². The summed E-state index contributed by atoms with van der Waals surface area (Å²) >= 11 is 0. The zero-order valence-corrected chi connectivity index (χ0v) is 20.0. The summed E-state index contributed by atoms with van der Waals surface area (Å²) in [5.74, 6) is 1.11. The van der Waals surface area contributed by atoms with Crippen LogP contribution >= 0.6 is 0 Å². The topological polar surface area (TPSA) is 62.7 Å². The molecular formula is C29H31N3O3. The fourth-order valence-corrected chi connectivity index (χ4v) is 5.32. The first-order valence-corrected chi connectivity index (χ1v) is 12.4. The first-order valence-electron chi connectivity index (χ1n) is 12.4. The highest BCUT2D eigenvalue weighted by molar-refractivity contribution is 5.92. The third-order valence-corrected chi connectivity index (χ3v) is 7.31. The number of likely N-dealkylation sites (tertiary alicyclic amines) is 1. The van der Waals surface area contributed by atoms with Crippen LogP contribution in [0.1, 0.15) is 34.5 Å². The van der Waals surface area contributed by atoms with E-state index >= 15 is 0 Å². The number of fused-ring (bicyclic) bond motifs is 1. The summed E-state index contributed by atoms with van der Waals surface area (Å²) in [6.45, 7) is 1.35. The van der Waals surface area contributed by atoms with E-state index in [1.54, 1.807) is 12.3 Å². The minimum atomic E-state index is -0.433. The van der Waals surface area contributed by atoms with Gasteiger partial charge < -0.3 is 14.5 Å². The van der Waals surface area contributed by atoms with Crippen molar-refractivity contribution in [1.82, 2.24) is 14.8 Å². The Hall–Kier alpha value is -3.67. The van der Waals surface area contributed by atoms with Gasteiger partial charge in [0.25, 0.3) is 11.8 Å². The summed E-state index contributed by atoms with van der Waals surface area (Å²) < 4.78 is 5.94. The molecule has 5 rings (SSSR count). The van der Waals surface area contributed by atoms with Gasteiger partial charge in [0.15, 0.2) is 6.10 Å². The Morgan fingerprint density at radius 2 is 1.71 bits per heavy atom. The number of ether oxygens (including phenoxy) is 1. The zero-order valence-electron chi connectivity index (χ0n) is 20.0. The number of para-hydroxylation sites is 1. The van der Waals surface area contributed by atoms with Crippen LogP contribution in [0.4, 0.5) is 0 Å². The molecule has 3 heterocycles. The average Bonchev–Trinajstić information content (AvgIpc) is 3.36. The van der Waals surface area contributed by atoms with E-state index < -0.39 is 6.10 Å². The predicted molar refractivity (Wildman–Crippen MR) is 134 cm³/mol. The van der Waals surface area contributed by atoms with Gasteiger partial charge in [0.05, 0.1) is 0 Å². The largest absolute Gasteiger partial charge is 0.480 e. The molecule has 2 aliphatic rings. The van der Waals surface area contributed by atoms with E-state index in [-0.39, 0.29) is 17.9 Å². The van der Waals surface area contributed by atoms with Crippen molar-refractivity contribution in [2.24, 2.45) is 5.92 Å². The molecule has 0 radical (unpaired) electrons. The summed E-state index contributed by atoms with van der Waals surface area (Å²) in [5.41, 5.74) is 2.76. The second-order valence-electron chi connectivity index (χ2n) is 9.47. The number of carbonyl (C=O) groups excluding carboxylic acids is 2. The average molecular weight is 470 g/mol. The highest BCUT2D eigenvalue weighted by atomic mass is 16.5. The molecule has 0 saturated carbocycles.